The zero-order valence-corrected chi connectivity index (χ0v) is 12.1. The van der Waals surface area contributed by atoms with Crippen molar-refractivity contribution in [3.8, 4) is 0 Å². The first kappa shape index (κ1) is 20.4. The van der Waals surface area contributed by atoms with Gasteiger partial charge in [0.25, 0.3) is 0 Å². The van der Waals surface area contributed by atoms with Gasteiger partial charge in [-0.25, -0.2) is 0 Å². The maximum absolute atomic E-state index is 11.7. The molecule has 6 N–H and O–H groups in total. The molecule has 0 spiro atoms. The zero-order valence-electron chi connectivity index (χ0n) is 12.1. The molecule has 0 radical (unpaired) electrons. The van der Waals surface area contributed by atoms with Crippen molar-refractivity contribution in [3.63, 3.8) is 0 Å². The fourth-order valence-corrected chi connectivity index (χ4v) is 1.46. The highest BCUT2D eigenvalue weighted by Gasteiger charge is 2.35. The molecule has 0 aliphatic carbocycles. The predicted molar refractivity (Wildman–Crippen MR) is 70.7 cm³/mol. The number of carbonyl (C=O) groups excluding carboxylic acids is 2. The summed E-state index contributed by atoms with van der Waals surface area (Å²) in [6.07, 6.45) is -8.38. The Bertz CT molecular complexity index is 389. The van der Waals surface area contributed by atoms with E-state index in [1.807, 2.05) is 0 Å². The molecular formula is C12H21NO9. The average molecular weight is 323 g/mol. The second-order valence-electron chi connectivity index (χ2n) is 4.68. The van der Waals surface area contributed by atoms with Crippen LogP contribution in [-0.2, 0) is 19.1 Å². The number of ether oxygens (including phenoxy) is 1. The molecule has 0 aromatic rings. The standard InChI is InChI=1S/C12H21NO9/c1-5(12(20)21)13-11(19)6(2)22-10(8(17)4-15)9(18)7(16)3-14/h4-10,14,16-18H,3H2,1-2H3,(H,13,19)(H,20,21). The van der Waals surface area contributed by atoms with Crippen molar-refractivity contribution < 1.29 is 44.7 Å². The topological polar surface area (TPSA) is 174 Å². The van der Waals surface area contributed by atoms with Gasteiger partial charge in [0.1, 0.15) is 36.6 Å². The van der Waals surface area contributed by atoms with Gasteiger partial charge in [-0.15, -0.1) is 0 Å². The van der Waals surface area contributed by atoms with Crippen molar-refractivity contribution in [2.24, 2.45) is 0 Å². The molecule has 6 unspecified atom stereocenters. The third-order valence-corrected chi connectivity index (χ3v) is 2.85. The van der Waals surface area contributed by atoms with Crippen LogP contribution in [-0.4, -0.2) is 86.9 Å². The van der Waals surface area contributed by atoms with Crippen LogP contribution in [0.5, 0.6) is 0 Å². The minimum atomic E-state index is -1.86. The lowest BCUT2D eigenvalue weighted by atomic mass is 10.0. The van der Waals surface area contributed by atoms with Crippen LogP contribution in [0, 0.1) is 0 Å². The number of rotatable bonds is 10. The van der Waals surface area contributed by atoms with Gasteiger partial charge in [0, 0.05) is 0 Å². The number of carboxylic acids is 1. The summed E-state index contributed by atoms with van der Waals surface area (Å²) in [4.78, 5) is 32.9. The molecule has 0 bridgehead atoms. The van der Waals surface area contributed by atoms with Crippen molar-refractivity contribution in [1.29, 1.82) is 0 Å². The SMILES string of the molecule is CC(NC(=O)C(C)OC(C(O)C=O)C(O)C(O)CO)C(=O)O. The Balaban J connectivity index is 4.88. The normalized spacial score (nSPS) is 19.4. The smallest absolute Gasteiger partial charge is 0.325 e. The number of carboxylic acid groups (broad SMARTS) is 1. The molecule has 0 aliphatic heterocycles. The van der Waals surface area contributed by atoms with Crippen LogP contribution in [0.25, 0.3) is 0 Å². The number of hydrogen-bond donors (Lipinski definition) is 6. The van der Waals surface area contributed by atoms with Crippen LogP contribution in [0.2, 0.25) is 0 Å². The average Bonchev–Trinajstić information content (AvgIpc) is 2.49. The van der Waals surface area contributed by atoms with Gasteiger partial charge in [0.05, 0.1) is 6.61 Å². The molecule has 0 aromatic carbocycles. The molecule has 10 heteroatoms. The van der Waals surface area contributed by atoms with Gasteiger partial charge in [0.2, 0.25) is 5.91 Å². The summed E-state index contributed by atoms with van der Waals surface area (Å²) in [5, 5.41) is 48.0. The first-order valence-electron chi connectivity index (χ1n) is 6.44. The summed E-state index contributed by atoms with van der Waals surface area (Å²) in [6, 6.07) is -1.19. The highest BCUT2D eigenvalue weighted by atomic mass is 16.5. The number of aliphatic carboxylic acids is 1. The van der Waals surface area contributed by atoms with Gasteiger partial charge in [-0.2, -0.15) is 0 Å². The van der Waals surface area contributed by atoms with Crippen molar-refractivity contribution in [2.75, 3.05) is 6.61 Å². The van der Waals surface area contributed by atoms with Crippen LogP contribution >= 0.6 is 0 Å². The molecular weight excluding hydrogens is 302 g/mol. The lowest BCUT2D eigenvalue weighted by Crippen LogP contribution is -2.52. The minimum Gasteiger partial charge on any atom is -0.480 e. The van der Waals surface area contributed by atoms with E-state index in [-0.39, 0.29) is 6.29 Å². The fourth-order valence-electron chi connectivity index (χ4n) is 1.46. The third-order valence-electron chi connectivity index (χ3n) is 2.85. The van der Waals surface area contributed by atoms with Crippen LogP contribution in [0.15, 0.2) is 0 Å². The van der Waals surface area contributed by atoms with E-state index in [0.717, 1.165) is 0 Å². The zero-order chi connectivity index (χ0) is 17.4. The van der Waals surface area contributed by atoms with Gasteiger partial charge in [0.15, 0.2) is 6.29 Å². The second-order valence-corrected chi connectivity index (χ2v) is 4.68. The van der Waals surface area contributed by atoms with E-state index < -0.39 is 55.0 Å². The van der Waals surface area contributed by atoms with Crippen LogP contribution in [0.1, 0.15) is 13.8 Å². The van der Waals surface area contributed by atoms with Gasteiger partial charge in [-0.3, -0.25) is 9.59 Å². The van der Waals surface area contributed by atoms with Gasteiger partial charge >= 0.3 is 5.97 Å². The van der Waals surface area contributed by atoms with Crippen molar-refractivity contribution >= 4 is 18.2 Å². The van der Waals surface area contributed by atoms with E-state index in [9.17, 15) is 29.7 Å². The molecule has 10 nitrogen and oxygen atoms in total. The van der Waals surface area contributed by atoms with E-state index in [4.69, 9.17) is 14.9 Å². The van der Waals surface area contributed by atoms with Crippen molar-refractivity contribution in [2.45, 2.75) is 50.4 Å². The Morgan fingerprint density at radius 3 is 2.18 bits per heavy atom. The van der Waals surface area contributed by atoms with Gasteiger partial charge in [-0.05, 0) is 13.8 Å². The molecule has 0 aromatic heterocycles. The number of hydrogen-bond acceptors (Lipinski definition) is 8. The van der Waals surface area contributed by atoms with Gasteiger partial charge < -0.3 is 40.4 Å². The second kappa shape index (κ2) is 9.43. The maximum Gasteiger partial charge on any atom is 0.325 e. The number of aliphatic hydroxyl groups excluding tert-OH is 4. The quantitative estimate of drug-likeness (QED) is 0.224. The Kier molecular flexibility index (Phi) is 8.75. The number of carbonyl (C=O) groups is 3. The van der Waals surface area contributed by atoms with Crippen molar-refractivity contribution in [1.82, 2.24) is 5.32 Å². The highest BCUT2D eigenvalue weighted by molar-refractivity contribution is 5.85. The summed E-state index contributed by atoms with van der Waals surface area (Å²) in [7, 11) is 0. The molecule has 22 heavy (non-hydrogen) atoms. The molecule has 6 atom stereocenters. The van der Waals surface area contributed by atoms with Crippen LogP contribution < -0.4 is 5.32 Å². The molecule has 1 amide bonds. The largest absolute Gasteiger partial charge is 0.480 e. The van der Waals surface area contributed by atoms with E-state index in [1.54, 1.807) is 0 Å². The first-order valence-corrected chi connectivity index (χ1v) is 6.44. The van der Waals surface area contributed by atoms with E-state index >= 15 is 0 Å². The molecule has 0 heterocycles. The van der Waals surface area contributed by atoms with E-state index in [1.165, 1.54) is 13.8 Å². The summed E-state index contributed by atoms with van der Waals surface area (Å²) in [5.74, 6) is -2.13. The molecule has 0 saturated heterocycles. The van der Waals surface area contributed by atoms with E-state index in [2.05, 4.69) is 5.32 Å². The van der Waals surface area contributed by atoms with Crippen molar-refractivity contribution in [3.05, 3.63) is 0 Å². The van der Waals surface area contributed by atoms with E-state index in [0.29, 0.717) is 0 Å². The summed E-state index contributed by atoms with van der Waals surface area (Å²) in [6.45, 7) is 1.56. The third kappa shape index (κ3) is 6.03. The number of aliphatic hydroxyl groups is 4. The number of nitrogens with one attached hydrogen (secondary N) is 1. The summed E-state index contributed by atoms with van der Waals surface area (Å²) in [5.41, 5.74) is 0. The molecule has 0 rings (SSSR count). The maximum atomic E-state index is 11.7. The van der Waals surface area contributed by atoms with Crippen LogP contribution in [0.3, 0.4) is 0 Å². The molecule has 0 fully saturated rings. The lowest BCUT2D eigenvalue weighted by molar-refractivity contribution is -0.170. The minimum absolute atomic E-state index is 0.0302. The monoisotopic (exact) mass is 323 g/mol. The molecule has 0 saturated carbocycles. The predicted octanol–water partition coefficient (Wildman–Crippen LogP) is -3.38. The highest BCUT2D eigenvalue weighted by Crippen LogP contribution is 2.12. The summed E-state index contributed by atoms with van der Waals surface area (Å²) < 4.78 is 5.02. The Morgan fingerprint density at radius 1 is 1.23 bits per heavy atom. The summed E-state index contributed by atoms with van der Waals surface area (Å²) >= 11 is 0. The number of aldehydes is 1. The fraction of sp³-hybridized carbons (Fsp3) is 0.750. The Morgan fingerprint density at radius 2 is 1.77 bits per heavy atom. The molecule has 0 aliphatic rings. The lowest BCUT2D eigenvalue weighted by Gasteiger charge is -2.29. The van der Waals surface area contributed by atoms with Gasteiger partial charge in [-0.1, -0.05) is 0 Å². The number of amides is 1. The first-order chi connectivity index (χ1) is 10.1. The Hall–Kier alpha value is -1.59. The molecule has 128 valence electrons. The van der Waals surface area contributed by atoms with Crippen LogP contribution in [0.4, 0.5) is 0 Å². The Labute approximate surface area is 126 Å².